The van der Waals surface area contributed by atoms with Gasteiger partial charge in [-0.05, 0) is 235 Å². The van der Waals surface area contributed by atoms with Crippen molar-refractivity contribution in [2.24, 2.45) is 17.8 Å². The van der Waals surface area contributed by atoms with Gasteiger partial charge in [0.05, 0.1) is 29.0 Å². The highest BCUT2D eigenvalue weighted by Crippen LogP contribution is 2.49. The van der Waals surface area contributed by atoms with Gasteiger partial charge in [0.1, 0.15) is 60.3 Å². The molecule has 0 amide bonds. The second-order valence-corrected chi connectivity index (χ2v) is 31.6. The van der Waals surface area contributed by atoms with Crippen molar-refractivity contribution in [2.45, 2.75) is 86.5 Å². The van der Waals surface area contributed by atoms with Crippen LogP contribution in [0, 0.1) is 54.9 Å². The molecule has 0 atom stereocenters. The third-order valence-corrected chi connectivity index (χ3v) is 23.6. The number of allylic oxidation sites excluding steroid dienone is 9. The number of aryl methyl sites for hydroxylation is 2. The van der Waals surface area contributed by atoms with Gasteiger partial charge >= 0.3 is 0 Å². The Labute approximate surface area is 676 Å². The molecule has 582 valence electrons. The summed E-state index contributed by atoms with van der Waals surface area (Å²) in [5, 5.41) is 2.45. The maximum absolute atomic E-state index is 15.8. The molecule has 0 N–H and O–H groups in total. The summed E-state index contributed by atoms with van der Waals surface area (Å²) in [6, 6.07) is 56.7. The number of nitrogens with zero attached hydrogens (tertiary/aromatic N) is 3. The minimum Gasteiger partial charge on any atom is -0.492 e. The molecule has 15 rings (SSSR count). The fourth-order valence-electron chi connectivity index (χ4n) is 16.2. The fourth-order valence-corrected chi connectivity index (χ4v) is 17.5. The van der Waals surface area contributed by atoms with Gasteiger partial charge in [-0.25, -0.2) is 17.6 Å². The summed E-state index contributed by atoms with van der Waals surface area (Å²) in [7, 11) is 0. The standard InChI is InChI=1S/C32H32Cl2FNO.C32H31ClF3NO.C32H32ClF2NO/c1-3-21-19-36(20-21)15-16-37-25-12-9-22(10-13-25)31(26(4-2)28-14-11-24(35)18-30(28)33)29-17-23-7-5-6-8-27(23)32(29)34;1-3-26(27-9-8-20(2)12-28(27)33)31(24-13-22-6-4-5-7-23(22)14-24)32-29(35)15-25(16-30(32)36)38-11-10-37-18-21(17-34)19-37;1-3-29(30-11-4-21(2)14-31(30)33)32(26-15-24-5-8-27(35)17-25(24)16-26)23-6-9-28(10-7-23)37-13-12-36-19-22(18-34)20-36/h5-14,18,21H,3-4,15-17,19-20H2,1-2H3;4-9,12-13,15-16,21H,3,10-11,14,17-19H2,1-2H3;4-11,14,16-17,22H,3,12-13,15,18-20H2,1-2H3/b31-26+;31-26-;32-29+. The molecule has 112 heavy (non-hydrogen) atoms. The quantitative estimate of drug-likeness (QED) is 0.0377. The SMILES string of the molecule is CC/C(=C(\C1=C(Cl)c2ccccc2C1)c1ccc(OCCN2CC(CC)C2)cc1)c1ccc(F)cc1Cl.CC/C(=C(\C1=Cc2cc(F)ccc2C1)c1ccc(OCCN2CC(CF)C2)cc1)c1ccc(C)cc1Cl.CC/C(=C(\C1=Cc2ccccc2C1)c1c(F)cc(OCCN2CC(CF)C2)cc1F)c1ccc(C)cc1Cl. The molecule has 0 saturated carbocycles. The highest BCUT2D eigenvalue weighted by Gasteiger charge is 2.32. The molecule has 6 nitrogen and oxygen atoms in total. The summed E-state index contributed by atoms with van der Waals surface area (Å²) in [6.07, 6.45) is 9.49. The van der Waals surface area contributed by atoms with Crippen LogP contribution < -0.4 is 14.2 Å². The van der Waals surface area contributed by atoms with E-state index in [9.17, 15) is 17.6 Å². The van der Waals surface area contributed by atoms with Gasteiger partial charge in [0.2, 0.25) is 0 Å². The van der Waals surface area contributed by atoms with E-state index in [1.54, 1.807) is 12.1 Å². The predicted molar refractivity (Wildman–Crippen MR) is 452 cm³/mol. The van der Waals surface area contributed by atoms with Gasteiger partial charge < -0.3 is 14.2 Å². The maximum atomic E-state index is 15.8. The molecule has 3 heterocycles. The molecule has 0 unspecified atom stereocenters. The zero-order chi connectivity index (χ0) is 78.7. The Bertz CT molecular complexity index is 5070. The number of ether oxygens (including phenoxy) is 3. The van der Waals surface area contributed by atoms with Crippen LogP contribution in [0.25, 0.3) is 50.6 Å². The zero-order valence-corrected chi connectivity index (χ0v) is 67.4. The third kappa shape index (κ3) is 19.1. The van der Waals surface area contributed by atoms with Crippen molar-refractivity contribution in [1.29, 1.82) is 0 Å². The molecule has 3 saturated heterocycles. The van der Waals surface area contributed by atoms with Crippen LogP contribution in [-0.2, 0) is 19.3 Å². The van der Waals surface area contributed by atoms with E-state index in [0.717, 1.165) is 185 Å². The van der Waals surface area contributed by atoms with Gasteiger partial charge in [-0.3, -0.25) is 23.5 Å². The van der Waals surface area contributed by atoms with Gasteiger partial charge in [-0.15, -0.1) is 0 Å². The van der Waals surface area contributed by atoms with E-state index >= 15 is 8.78 Å². The van der Waals surface area contributed by atoms with Gasteiger partial charge in [0.15, 0.2) is 0 Å². The normalized spacial score (nSPS) is 16.2. The number of rotatable bonds is 27. The van der Waals surface area contributed by atoms with Crippen LogP contribution in [0.15, 0.2) is 199 Å². The molecule has 6 aliphatic rings. The van der Waals surface area contributed by atoms with E-state index in [1.165, 1.54) is 61.0 Å². The Morgan fingerprint density at radius 2 is 0.839 bits per heavy atom. The lowest BCUT2D eigenvalue weighted by molar-refractivity contribution is 0.0667. The van der Waals surface area contributed by atoms with Crippen molar-refractivity contribution in [1.82, 2.24) is 14.7 Å². The van der Waals surface area contributed by atoms with Crippen molar-refractivity contribution in [3.05, 3.63) is 315 Å². The maximum Gasteiger partial charge on any atom is 0.137 e. The van der Waals surface area contributed by atoms with E-state index < -0.39 is 11.6 Å². The van der Waals surface area contributed by atoms with Crippen molar-refractivity contribution in [2.75, 3.05) is 92.1 Å². The highest BCUT2D eigenvalue weighted by atomic mass is 35.5. The molecule has 3 fully saturated rings. The minimum atomic E-state index is -0.678. The molecule has 9 aromatic rings. The monoisotopic (exact) mass is 1590 g/mol. The smallest absolute Gasteiger partial charge is 0.137 e. The molecule has 9 aromatic carbocycles. The summed E-state index contributed by atoms with van der Waals surface area (Å²) in [4.78, 5) is 6.72. The summed E-state index contributed by atoms with van der Waals surface area (Å²) < 4.78 is 103. The molecule has 0 aromatic heterocycles. The number of halogens is 10. The van der Waals surface area contributed by atoms with Crippen molar-refractivity contribution in [3.8, 4) is 17.2 Å². The van der Waals surface area contributed by atoms with Crippen molar-refractivity contribution in [3.63, 3.8) is 0 Å². The van der Waals surface area contributed by atoms with Crippen LogP contribution in [0.2, 0.25) is 15.1 Å². The number of likely N-dealkylation sites (tertiary alicyclic amines) is 3. The first-order valence-electron chi connectivity index (χ1n) is 39.1. The molecule has 0 radical (unpaired) electrons. The topological polar surface area (TPSA) is 37.4 Å². The molecular weight excluding hydrogens is 1500 g/mol. The molecule has 16 heteroatoms. The highest BCUT2D eigenvalue weighted by molar-refractivity contribution is 6.51. The predicted octanol–water partition coefficient (Wildman–Crippen LogP) is 24.9. The van der Waals surface area contributed by atoms with Gasteiger partial charge in [0.25, 0.3) is 0 Å². The lowest BCUT2D eigenvalue weighted by Gasteiger charge is -2.38. The Hall–Kier alpha value is -8.56. The lowest BCUT2D eigenvalue weighted by atomic mass is 9.86. The average Bonchev–Trinajstić information content (AvgIpc) is 1.50. The van der Waals surface area contributed by atoms with Gasteiger partial charge in [-0.1, -0.05) is 202 Å². The number of hydrogen-bond acceptors (Lipinski definition) is 6. The number of benzene rings is 9. The Kier molecular flexibility index (Phi) is 27.3. The minimum absolute atomic E-state index is 0.0709. The molecule has 0 bridgehead atoms. The summed E-state index contributed by atoms with van der Waals surface area (Å²) in [5.74, 6) is 0.985. The average molecular weight is 1590 g/mol. The van der Waals surface area contributed by atoms with Gasteiger partial charge in [-0.2, -0.15) is 0 Å². The second-order valence-electron chi connectivity index (χ2n) is 30.0. The Morgan fingerprint density at radius 3 is 1.34 bits per heavy atom. The number of fused-ring (bicyclic) bond motifs is 3. The number of alkyl halides is 2. The molecule has 3 aliphatic heterocycles. The largest absolute Gasteiger partial charge is 0.492 e. The van der Waals surface area contributed by atoms with E-state index in [0.29, 0.717) is 61.3 Å². The van der Waals surface area contributed by atoms with Crippen LogP contribution in [0.5, 0.6) is 17.2 Å². The first-order valence-corrected chi connectivity index (χ1v) is 40.6. The van der Waals surface area contributed by atoms with E-state index in [1.807, 2.05) is 118 Å². The van der Waals surface area contributed by atoms with E-state index in [4.69, 9.17) is 60.6 Å². The molecule has 3 aliphatic carbocycles. The summed E-state index contributed by atoms with van der Waals surface area (Å²) >= 11 is 27.0. The van der Waals surface area contributed by atoms with Crippen LogP contribution in [0.3, 0.4) is 0 Å². The van der Waals surface area contributed by atoms with Crippen LogP contribution >= 0.6 is 46.4 Å². The van der Waals surface area contributed by atoms with Crippen LogP contribution in [-0.4, -0.2) is 107 Å². The molecule has 0 spiro atoms. The van der Waals surface area contributed by atoms with Crippen molar-refractivity contribution < 1.29 is 40.6 Å². The summed E-state index contributed by atoms with van der Waals surface area (Å²) in [5.41, 5.74) is 22.1. The first kappa shape index (κ1) is 81.5. The second kappa shape index (κ2) is 37.6. The van der Waals surface area contributed by atoms with Crippen molar-refractivity contribution >= 4 is 97.0 Å². The Morgan fingerprint density at radius 1 is 0.411 bits per heavy atom. The molecular formula is C96H95Cl4F6N3O3. The Balaban J connectivity index is 0.000000147. The fraction of sp³-hybridized carbons (Fsp3) is 0.312. The number of hydrogen-bond donors (Lipinski definition) is 0. The first-order chi connectivity index (χ1) is 54.3. The van der Waals surface area contributed by atoms with Crippen LogP contribution in [0.4, 0.5) is 26.3 Å². The van der Waals surface area contributed by atoms with E-state index in [-0.39, 0.29) is 54.7 Å². The zero-order valence-electron chi connectivity index (χ0n) is 64.4. The lowest BCUT2D eigenvalue weighted by Crippen LogP contribution is -2.49. The third-order valence-electron chi connectivity index (χ3n) is 22.2. The summed E-state index contributed by atoms with van der Waals surface area (Å²) in [6.45, 7) is 21.2. The van der Waals surface area contributed by atoms with Gasteiger partial charge in [0, 0.05) is 99.3 Å². The van der Waals surface area contributed by atoms with Crippen LogP contribution in [0.1, 0.15) is 131 Å². The van der Waals surface area contributed by atoms with E-state index in [2.05, 4.69) is 90.1 Å².